The number of benzene rings is 2. The first kappa shape index (κ1) is 26.2. The van der Waals surface area contributed by atoms with E-state index in [0.717, 1.165) is 31.5 Å². The van der Waals surface area contributed by atoms with Crippen molar-refractivity contribution in [2.24, 2.45) is 4.99 Å². The van der Waals surface area contributed by atoms with Gasteiger partial charge in [-0.2, -0.15) is 4.99 Å². The van der Waals surface area contributed by atoms with Crippen molar-refractivity contribution < 1.29 is 23.9 Å². The maximum Gasteiger partial charge on any atom is 0.276 e. The molecule has 0 radical (unpaired) electrons. The lowest BCUT2D eigenvalue weighted by Crippen LogP contribution is -2.43. The van der Waals surface area contributed by atoms with Crippen LogP contribution in [0.3, 0.4) is 0 Å². The molecule has 11 heteroatoms. The predicted molar refractivity (Wildman–Crippen MR) is 141 cm³/mol. The zero-order chi connectivity index (χ0) is 26.2. The average molecular weight is 524 g/mol. The van der Waals surface area contributed by atoms with Crippen LogP contribution in [0.15, 0.2) is 53.5 Å². The number of hydrogen-bond acceptors (Lipinski definition) is 7. The van der Waals surface area contributed by atoms with Crippen LogP contribution in [0.1, 0.15) is 41.6 Å². The molecule has 0 bridgehead atoms. The molecule has 0 spiro atoms. The molecule has 4 amide bonds. The van der Waals surface area contributed by atoms with E-state index in [1.165, 1.54) is 24.2 Å². The van der Waals surface area contributed by atoms with Gasteiger partial charge in [-0.15, -0.1) is 0 Å². The van der Waals surface area contributed by atoms with Gasteiger partial charge >= 0.3 is 0 Å². The summed E-state index contributed by atoms with van der Waals surface area (Å²) in [4.78, 5) is 55.6. The first-order chi connectivity index (χ1) is 17.9. The number of amidine groups is 1. The molecule has 0 aromatic heterocycles. The van der Waals surface area contributed by atoms with Crippen LogP contribution in [0, 0.1) is 6.92 Å². The smallest absolute Gasteiger partial charge is 0.276 e. The summed E-state index contributed by atoms with van der Waals surface area (Å²) < 4.78 is 5.41. The van der Waals surface area contributed by atoms with Crippen molar-refractivity contribution in [3.05, 3.63) is 59.7 Å². The number of amides is 4. The Morgan fingerprint density at radius 3 is 2.59 bits per heavy atom. The number of rotatable bonds is 7. The Morgan fingerprint density at radius 2 is 1.81 bits per heavy atom. The van der Waals surface area contributed by atoms with Crippen molar-refractivity contribution in [1.82, 2.24) is 15.8 Å². The Hall–Kier alpha value is -3.86. The monoisotopic (exact) mass is 523 g/mol. The van der Waals surface area contributed by atoms with E-state index in [0.29, 0.717) is 16.6 Å². The molecule has 3 N–H and O–H groups in total. The fourth-order valence-corrected chi connectivity index (χ4v) is 5.05. The van der Waals surface area contributed by atoms with Crippen molar-refractivity contribution in [3.63, 3.8) is 0 Å². The number of aryl methyl sites for hydroxylation is 1. The van der Waals surface area contributed by atoms with Gasteiger partial charge in [-0.05, 0) is 62.1 Å². The van der Waals surface area contributed by atoms with E-state index in [1.807, 2.05) is 19.1 Å². The largest absolute Gasteiger partial charge is 0.484 e. The molecule has 2 aromatic carbocycles. The Balaban J connectivity index is 1.22. The summed E-state index contributed by atoms with van der Waals surface area (Å²) >= 11 is 1.34. The third-order valence-electron chi connectivity index (χ3n) is 5.81. The van der Waals surface area contributed by atoms with Gasteiger partial charge in [-0.3, -0.25) is 30.0 Å². The van der Waals surface area contributed by atoms with E-state index >= 15 is 0 Å². The summed E-state index contributed by atoms with van der Waals surface area (Å²) in [5.41, 5.74) is 6.27. The standard InChI is InChI=1S/C26H29N5O5S/c1-17-7-5-10-20(13-17)36-16-23(33)29-30-24(34)18-8-6-9-19(14-18)27-22(32)15-21-25(35)28-26(37-21)31-11-3-2-4-12-31/h5-10,13-14,21H,2-4,11-12,15-16H2,1H3,(H,27,32)(H,29,33)(H,30,34)/t21-/m0/s1. The topological polar surface area (TPSA) is 129 Å². The lowest BCUT2D eigenvalue weighted by atomic mass is 10.1. The second-order valence-electron chi connectivity index (χ2n) is 8.83. The summed E-state index contributed by atoms with van der Waals surface area (Å²) in [5, 5.41) is 2.88. The van der Waals surface area contributed by atoms with E-state index in [-0.39, 0.29) is 30.4 Å². The molecule has 37 heavy (non-hydrogen) atoms. The quantitative estimate of drug-likeness (QED) is 0.476. The third kappa shape index (κ3) is 7.56. The number of hydrazine groups is 1. The summed E-state index contributed by atoms with van der Waals surface area (Å²) in [6.07, 6.45) is 3.32. The average Bonchev–Trinajstić information content (AvgIpc) is 3.26. The number of piperidine rings is 1. The summed E-state index contributed by atoms with van der Waals surface area (Å²) in [6.45, 7) is 3.42. The van der Waals surface area contributed by atoms with Crippen LogP contribution in [0.2, 0.25) is 0 Å². The number of ether oxygens (including phenoxy) is 1. The fraction of sp³-hybridized carbons (Fsp3) is 0.346. The predicted octanol–water partition coefficient (Wildman–Crippen LogP) is 2.65. The van der Waals surface area contributed by atoms with Gasteiger partial charge in [0.15, 0.2) is 11.8 Å². The number of thioether (sulfide) groups is 1. The number of likely N-dealkylation sites (tertiary alicyclic amines) is 1. The van der Waals surface area contributed by atoms with Gasteiger partial charge in [0.25, 0.3) is 17.7 Å². The maximum atomic E-state index is 12.6. The Bertz CT molecular complexity index is 1210. The zero-order valence-electron chi connectivity index (χ0n) is 20.5. The molecular formula is C26H29N5O5S. The van der Waals surface area contributed by atoms with E-state index < -0.39 is 17.1 Å². The maximum absolute atomic E-state index is 12.6. The minimum atomic E-state index is -0.555. The van der Waals surface area contributed by atoms with E-state index in [9.17, 15) is 19.2 Å². The van der Waals surface area contributed by atoms with Gasteiger partial charge < -0.3 is 15.0 Å². The fourth-order valence-electron chi connectivity index (χ4n) is 3.94. The molecule has 0 aliphatic carbocycles. The second kappa shape index (κ2) is 12.4. The summed E-state index contributed by atoms with van der Waals surface area (Å²) in [5.74, 6) is -1.17. The number of nitrogens with zero attached hydrogens (tertiary/aromatic N) is 2. The minimum Gasteiger partial charge on any atom is -0.484 e. The first-order valence-electron chi connectivity index (χ1n) is 12.1. The van der Waals surface area contributed by atoms with Crippen LogP contribution in [-0.2, 0) is 14.4 Å². The number of carbonyl (C=O) groups is 4. The number of hydrogen-bond donors (Lipinski definition) is 3. The van der Waals surface area contributed by atoms with E-state index in [1.54, 1.807) is 30.3 Å². The second-order valence-corrected chi connectivity index (χ2v) is 10.00. The van der Waals surface area contributed by atoms with Crippen LogP contribution in [-0.4, -0.2) is 58.6 Å². The molecule has 1 saturated heterocycles. The van der Waals surface area contributed by atoms with Crippen LogP contribution < -0.4 is 20.9 Å². The highest BCUT2D eigenvalue weighted by Gasteiger charge is 2.33. The molecule has 1 fully saturated rings. The molecule has 2 heterocycles. The van der Waals surface area contributed by atoms with Crippen LogP contribution in [0.25, 0.3) is 0 Å². The van der Waals surface area contributed by atoms with Crippen LogP contribution in [0.5, 0.6) is 5.75 Å². The lowest BCUT2D eigenvalue weighted by molar-refractivity contribution is -0.123. The zero-order valence-corrected chi connectivity index (χ0v) is 21.3. The third-order valence-corrected chi connectivity index (χ3v) is 7.02. The molecular weight excluding hydrogens is 494 g/mol. The molecule has 4 rings (SSSR count). The van der Waals surface area contributed by atoms with E-state index in [2.05, 4.69) is 26.1 Å². The van der Waals surface area contributed by atoms with E-state index in [4.69, 9.17) is 4.74 Å². The molecule has 2 aliphatic rings. The van der Waals surface area contributed by atoms with Gasteiger partial charge in [-0.1, -0.05) is 30.0 Å². The first-order valence-corrected chi connectivity index (χ1v) is 13.0. The molecule has 0 unspecified atom stereocenters. The summed E-state index contributed by atoms with van der Waals surface area (Å²) in [6, 6.07) is 13.6. The van der Waals surface area contributed by atoms with Gasteiger partial charge in [0.2, 0.25) is 5.91 Å². The highest BCUT2D eigenvalue weighted by atomic mass is 32.2. The highest BCUT2D eigenvalue weighted by Crippen LogP contribution is 2.29. The SMILES string of the molecule is Cc1cccc(OCC(=O)NNC(=O)c2cccc(NC(=O)C[C@@H]3SC(N4CCCCC4)=NC3=O)c2)c1. The Morgan fingerprint density at radius 1 is 1.03 bits per heavy atom. The number of anilines is 1. The Kier molecular flexibility index (Phi) is 8.78. The molecule has 2 aliphatic heterocycles. The van der Waals surface area contributed by atoms with Gasteiger partial charge in [0.1, 0.15) is 11.0 Å². The van der Waals surface area contributed by atoms with Gasteiger partial charge in [0.05, 0.1) is 0 Å². The van der Waals surface area contributed by atoms with Crippen molar-refractivity contribution >= 4 is 46.2 Å². The molecule has 1 atom stereocenters. The number of carbonyl (C=O) groups excluding carboxylic acids is 4. The number of aliphatic imine (C=N–C) groups is 1. The molecule has 2 aromatic rings. The molecule has 194 valence electrons. The van der Waals surface area contributed by atoms with Crippen molar-refractivity contribution in [3.8, 4) is 5.75 Å². The molecule has 10 nitrogen and oxygen atoms in total. The van der Waals surface area contributed by atoms with Crippen LogP contribution >= 0.6 is 11.8 Å². The summed E-state index contributed by atoms with van der Waals surface area (Å²) in [7, 11) is 0. The van der Waals surface area contributed by atoms with Crippen LogP contribution in [0.4, 0.5) is 5.69 Å². The minimum absolute atomic E-state index is 0.0161. The van der Waals surface area contributed by atoms with Crippen molar-refractivity contribution in [2.45, 2.75) is 37.9 Å². The Labute approximate surface area is 219 Å². The van der Waals surface area contributed by atoms with Gasteiger partial charge in [0, 0.05) is 30.8 Å². The number of nitrogens with one attached hydrogen (secondary N) is 3. The lowest BCUT2D eigenvalue weighted by Gasteiger charge is -2.27. The normalized spacial score (nSPS) is 17.1. The van der Waals surface area contributed by atoms with Gasteiger partial charge in [-0.25, -0.2) is 0 Å². The molecule has 0 saturated carbocycles. The van der Waals surface area contributed by atoms with Crippen molar-refractivity contribution in [1.29, 1.82) is 0 Å². The highest BCUT2D eigenvalue weighted by molar-refractivity contribution is 8.15. The van der Waals surface area contributed by atoms with Crippen molar-refractivity contribution in [2.75, 3.05) is 25.0 Å².